The van der Waals surface area contributed by atoms with Crippen molar-refractivity contribution in [2.75, 3.05) is 13.1 Å². The Morgan fingerprint density at radius 3 is 2.18 bits per heavy atom. The molecule has 22 heavy (non-hydrogen) atoms. The van der Waals surface area contributed by atoms with Crippen molar-refractivity contribution in [1.29, 1.82) is 0 Å². The number of ether oxygens (including phenoxy) is 1. The van der Waals surface area contributed by atoms with Crippen LogP contribution in [-0.4, -0.2) is 30.2 Å². The predicted octanol–water partition coefficient (Wildman–Crippen LogP) is 4.54. The Morgan fingerprint density at radius 1 is 1.14 bits per heavy atom. The van der Waals surface area contributed by atoms with Crippen molar-refractivity contribution in [1.82, 2.24) is 4.90 Å². The van der Waals surface area contributed by atoms with E-state index in [-0.39, 0.29) is 5.41 Å². The second-order valence-electron chi connectivity index (χ2n) is 7.81. The van der Waals surface area contributed by atoms with Gasteiger partial charge >= 0.3 is 0 Å². The number of allylic oxidation sites excluding steroid dienone is 1. The van der Waals surface area contributed by atoms with Gasteiger partial charge in [0.15, 0.2) is 0 Å². The fourth-order valence-electron chi connectivity index (χ4n) is 3.12. The van der Waals surface area contributed by atoms with E-state index in [0.29, 0.717) is 12.2 Å². The zero-order chi connectivity index (χ0) is 16.3. The molecule has 122 valence electrons. The molecule has 2 rings (SSSR count). The lowest BCUT2D eigenvalue weighted by atomic mass is 9.86. The molecule has 0 amide bonds. The van der Waals surface area contributed by atoms with E-state index < -0.39 is 0 Å². The van der Waals surface area contributed by atoms with Gasteiger partial charge in [-0.1, -0.05) is 50.6 Å². The summed E-state index contributed by atoms with van der Waals surface area (Å²) in [6, 6.07) is 9.06. The molecule has 1 saturated heterocycles. The molecule has 0 N–H and O–H groups in total. The Balaban J connectivity index is 1.99. The van der Waals surface area contributed by atoms with Crippen LogP contribution in [0, 0.1) is 0 Å². The maximum atomic E-state index is 5.79. The first-order valence-electron chi connectivity index (χ1n) is 8.40. The van der Waals surface area contributed by atoms with Crippen molar-refractivity contribution in [3.8, 4) is 0 Å². The molecule has 1 aliphatic rings. The summed E-state index contributed by atoms with van der Waals surface area (Å²) in [6.07, 6.45) is 3.97. The summed E-state index contributed by atoms with van der Waals surface area (Å²) in [5.41, 5.74) is 4.42. The Morgan fingerprint density at radius 2 is 1.68 bits per heavy atom. The normalized spacial score (nSPS) is 23.7. The molecule has 2 nitrogen and oxygen atoms in total. The van der Waals surface area contributed by atoms with Crippen LogP contribution >= 0.6 is 0 Å². The van der Waals surface area contributed by atoms with Gasteiger partial charge in [-0.05, 0) is 49.9 Å². The Kier molecular flexibility index (Phi) is 5.33. The van der Waals surface area contributed by atoms with E-state index in [0.717, 1.165) is 19.5 Å². The first kappa shape index (κ1) is 17.1. The van der Waals surface area contributed by atoms with Gasteiger partial charge in [-0.25, -0.2) is 0 Å². The topological polar surface area (TPSA) is 12.5 Å². The van der Waals surface area contributed by atoms with Gasteiger partial charge in [0.2, 0.25) is 0 Å². The minimum Gasteiger partial charge on any atom is -0.372 e. The van der Waals surface area contributed by atoms with E-state index in [9.17, 15) is 0 Å². The molecule has 0 bridgehead atoms. The molecule has 0 radical (unpaired) electrons. The lowest BCUT2D eigenvalue weighted by Gasteiger charge is -2.35. The highest BCUT2D eigenvalue weighted by Crippen LogP contribution is 2.23. The van der Waals surface area contributed by atoms with Crippen molar-refractivity contribution >= 4 is 0 Å². The summed E-state index contributed by atoms with van der Waals surface area (Å²) >= 11 is 0. The van der Waals surface area contributed by atoms with E-state index in [1.165, 1.54) is 16.7 Å². The van der Waals surface area contributed by atoms with Crippen LogP contribution in [0.1, 0.15) is 52.7 Å². The quantitative estimate of drug-likeness (QED) is 0.812. The molecular formula is C20H31NO. The van der Waals surface area contributed by atoms with Crippen LogP contribution in [0.15, 0.2) is 36.0 Å². The van der Waals surface area contributed by atoms with Crippen LogP contribution in [0.4, 0.5) is 0 Å². The summed E-state index contributed by atoms with van der Waals surface area (Å²) < 4.78 is 5.79. The third kappa shape index (κ3) is 4.88. The average Bonchev–Trinajstić information content (AvgIpc) is 2.36. The maximum Gasteiger partial charge on any atom is 0.0726 e. The van der Waals surface area contributed by atoms with E-state index in [1.807, 2.05) is 0 Å². The summed E-state index contributed by atoms with van der Waals surface area (Å²) in [6.45, 7) is 15.3. The van der Waals surface area contributed by atoms with Crippen molar-refractivity contribution in [2.24, 2.45) is 0 Å². The summed E-state index contributed by atoms with van der Waals surface area (Å²) in [7, 11) is 0. The molecule has 1 aliphatic heterocycles. The Labute approximate surface area is 136 Å². The van der Waals surface area contributed by atoms with Gasteiger partial charge in [-0.2, -0.15) is 0 Å². The number of morpholine rings is 1. The molecule has 0 aromatic heterocycles. The minimum absolute atomic E-state index is 0.226. The van der Waals surface area contributed by atoms with Gasteiger partial charge < -0.3 is 9.64 Å². The molecular weight excluding hydrogens is 270 g/mol. The van der Waals surface area contributed by atoms with E-state index in [2.05, 4.69) is 76.9 Å². The molecule has 1 aromatic carbocycles. The standard InChI is InChI=1S/C20H31NO/c1-15(12-21-13-16(2)22-17(3)14-21)11-18-7-9-19(10-8-18)20(4,5)6/h7-10,12,16-17H,11,13-14H2,1-6H3. The molecule has 1 fully saturated rings. The number of hydrogen-bond acceptors (Lipinski definition) is 2. The average molecular weight is 301 g/mol. The lowest BCUT2D eigenvalue weighted by molar-refractivity contribution is -0.0543. The minimum atomic E-state index is 0.226. The van der Waals surface area contributed by atoms with Crippen LogP contribution in [0.5, 0.6) is 0 Å². The second-order valence-corrected chi connectivity index (χ2v) is 7.81. The van der Waals surface area contributed by atoms with Gasteiger partial charge in [-0.15, -0.1) is 0 Å². The van der Waals surface area contributed by atoms with Crippen LogP contribution in [-0.2, 0) is 16.6 Å². The number of benzene rings is 1. The molecule has 2 unspecified atom stereocenters. The van der Waals surface area contributed by atoms with E-state index in [1.54, 1.807) is 0 Å². The monoisotopic (exact) mass is 301 g/mol. The highest BCUT2D eigenvalue weighted by Gasteiger charge is 2.20. The molecule has 0 saturated carbocycles. The van der Waals surface area contributed by atoms with E-state index >= 15 is 0 Å². The van der Waals surface area contributed by atoms with Crippen LogP contribution in [0.3, 0.4) is 0 Å². The summed E-state index contributed by atoms with van der Waals surface area (Å²) in [4.78, 5) is 2.40. The fraction of sp³-hybridized carbons (Fsp3) is 0.600. The first-order valence-corrected chi connectivity index (χ1v) is 8.40. The largest absolute Gasteiger partial charge is 0.372 e. The summed E-state index contributed by atoms with van der Waals surface area (Å²) in [5, 5.41) is 0. The van der Waals surface area contributed by atoms with Crippen molar-refractivity contribution < 1.29 is 4.74 Å². The van der Waals surface area contributed by atoms with E-state index in [4.69, 9.17) is 4.74 Å². The van der Waals surface area contributed by atoms with Gasteiger partial charge in [0.25, 0.3) is 0 Å². The van der Waals surface area contributed by atoms with Crippen LogP contribution in [0.25, 0.3) is 0 Å². The third-order valence-electron chi connectivity index (χ3n) is 4.15. The van der Waals surface area contributed by atoms with Crippen molar-refractivity contribution in [2.45, 2.75) is 65.6 Å². The maximum absolute atomic E-state index is 5.79. The highest BCUT2D eigenvalue weighted by atomic mass is 16.5. The SMILES string of the molecule is CC(=CN1CC(C)OC(C)C1)Cc1ccc(C(C)(C)C)cc1. The number of nitrogens with zero attached hydrogens (tertiary/aromatic N) is 1. The smallest absolute Gasteiger partial charge is 0.0726 e. The number of hydrogen-bond donors (Lipinski definition) is 0. The van der Waals surface area contributed by atoms with Crippen LogP contribution in [0.2, 0.25) is 0 Å². The van der Waals surface area contributed by atoms with Gasteiger partial charge in [0.05, 0.1) is 12.2 Å². The Hall–Kier alpha value is -1.28. The Bertz CT molecular complexity index is 500. The van der Waals surface area contributed by atoms with Gasteiger partial charge in [0.1, 0.15) is 0 Å². The molecule has 0 aliphatic carbocycles. The predicted molar refractivity (Wildman–Crippen MR) is 94.2 cm³/mol. The summed E-state index contributed by atoms with van der Waals surface area (Å²) in [5.74, 6) is 0. The highest BCUT2D eigenvalue weighted by molar-refractivity contribution is 5.29. The number of rotatable bonds is 3. The zero-order valence-corrected chi connectivity index (χ0v) is 15.0. The first-order chi connectivity index (χ1) is 10.2. The van der Waals surface area contributed by atoms with Gasteiger partial charge in [0, 0.05) is 13.1 Å². The molecule has 1 aromatic rings. The second kappa shape index (κ2) is 6.87. The van der Waals surface area contributed by atoms with Crippen molar-refractivity contribution in [3.05, 3.63) is 47.2 Å². The van der Waals surface area contributed by atoms with Gasteiger partial charge in [-0.3, -0.25) is 0 Å². The third-order valence-corrected chi connectivity index (χ3v) is 4.15. The van der Waals surface area contributed by atoms with Crippen LogP contribution < -0.4 is 0 Å². The van der Waals surface area contributed by atoms with Crippen molar-refractivity contribution in [3.63, 3.8) is 0 Å². The molecule has 0 spiro atoms. The molecule has 1 heterocycles. The molecule has 2 heteroatoms. The fourth-order valence-corrected chi connectivity index (χ4v) is 3.12. The lowest BCUT2D eigenvalue weighted by Crippen LogP contribution is -2.42. The molecule has 2 atom stereocenters. The zero-order valence-electron chi connectivity index (χ0n) is 15.0.